The Kier molecular flexibility index (Phi) is 6.01. The monoisotopic (exact) mass is 241 g/mol. The lowest BCUT2D eigenvalue weighted by atomic mass is 10.1. The van der Waals surface area contributed by atoms with Crippen molar-refractivity contribution in [3.05, 3.63) is 0 Å². The lowest BCUT2D eigenvalue weighted by molar-refractivity contribution is -0.137. The lowest BCUT2D eigenvalue weighted by Crippen LogP contribution is -2.33. The molecule has 1 aliphatic carbocycles. The summed E-state index contributed by atoms with van der Waals surface area (Å²) < 4.78 is 0. The van der Waals surface area contributed by atoms with Gasteiger partial charge in [-0.2, -0.15) is 0 Å². The molecule has 0 heterocycles. The fraction of sp³-hybridized carbons (Fsp3) is 0.846. The van der Waals surface area contributed by atoms with Crippen molar-refractivity contribution < 1.29 is 14.7 Å². The first-order valence-corrected chi connectivity index (χ1v) is 6.63. The topological polar surface area (TPSA) is 57.6 Å². The number of carboxylic acids is 1. The third-order valence-corrected chi connectivity index (χ3v) is 3.05. The van der Waals surface area contributed by atoms with Crippen molar-refractivity contribution in [2.45, 2.75) is 51.9 Å². The van der Waals surface area contributed by atoms with Crippen LogP contribution < -0.4 is 0 Å². The fourth-order valence-electron chi connectivity index (χ4n) is 1.91. The summed E-state index contributed by atoms with van der Waals surface area (Å²) in [6, 6.07) is 0. The van der Waals surface area contributed by atoms with E-state index in [1.165, 1.54) is 12.8 Å². The van der Waals surface area contributed by atoms with Crippen molar-refractivity contribution in [2.24, 2.45) is 5.92 Å². The van der Waals surface area contributed by atoms with Gasteiger partial charge in [0.1, 0.15) is 0 Å². The van der Waals surface area contributed by atoms with Crippen molar-refractivity contribution in [3.63, 3.8) is 0 Å². The minimum Gasteiger partial charge on any atom is -0.481 e. The molecule has 0 unspecified atom stereocenters. The Morgan fingerprint density at radius 2 is 1.88 bits per heavy atom. The third kappa shape index (κ3) is 6.29. The summed E-state index contributed by atoms with van der Waals surface area (Å²) in [5, 5.41) is 8.50. The Balaban J connectivity index is 2.18. The number of unbranched alkanes of at least 4 members (excludes halogenated alkanes) is 1. The molecule has 1 fully saturated rings. The first-order valence-electron chi connectivity index (χ1n) is 6.63. The largest absolute Gasteiger partial charge is 0.481 e. The van der Waals surface area contributed by atoms with Gasteiger partial charge < -0.3 is 10.0 Å². The minimum absolute atomic E-state index is 0.170. The smallest absolute Gasteiger partial charge is 0.303 e. The molecule has 4 heteroatoms. The van der Waals surface area contributed by atoms with Crippen LogP contribution in [0.2, 0.25) is 0 Å². The molecule has 4 nitrogen and oxygen atoms in total. The highest BCUT2D eigenvalue weighted by Gasteiger charge is 2.25. The first kappa shape index (κ1) is 14.0. The summed E-state index contributed by atoms with van der Waals surface area (Å²) in [5.74, 6) is 0.148. The highest BCUT2D eigenvalue weighted by molar-refractivity contribution is 5.76. The molecule has 0 atom stereocenters. The van der Waals surface area contributed by atoms with Crippen molar-refractivity contribution in [3.8, 4) is 0 Å². The number of aliphatic carboxylic acids is 1. The minimum atomic E-state index is -0.777. The predicted octanol–water partition coefficient (Wildman–Crippen LogP) is 2.28. The molecule has 0 aliphatic heterocycles. The summed E-state index contributed by atoms with van der Waals surface area (Å²) >= 11 is 0. The van der Waals surface area contributed by atoms with Crippen LogP contribution in [-0.4, -0.2) is 35.0 Å². The quantitative estimate of drug-likeness (QED) is 0.630. The molecule has 0 spiro atoms. The number of rotatable bonds is 9. The average Bonchev–Trinajstić information content (AvgIpc) is 3.07. The normalized spacial score (nSPS) is 14.6. The Morgan fingerprint density at radius 3 is 2.41 bits per heavy atom. The maximum atomic E-state index is 11.9. The van der Waals surface area contributed by atoms with Crippen molar-refractivity contribution in [1.29, 1.82) is 0 Å². The number of nitrogens with zero attached hydrogens (tertiary/aromatic N) is 1. The van der Waals surface area contributed by atoms with Gasteiger partial charge in [0, 0.05) is 25.9 Å². The van der Waals surface area contributed by atoms with Crippen LogP contribution in [0.25, 0.3) is 0 Å². The molecule has 1 rings (SSSR count). The van der Waals surface area contributed by atoms with Gasteiger partial charge in [-0.25, -0.2) is 0 Å². The Labute approximate surface area is 103 Å². The number of hydrogen-bond acceptors (Lipinski definition) is 2. The zero-order chi connectivity index (χ0) is 12.7. The van der Waals surface area contributed by atoms with E-state index in [1.807, 2.05) is 4.90 Å². The highest BCUT2D eigenvalue weighted by Crippen LogP contribution is 2.30. The molecule has 1 N–H and O–H groups in total. The van der Waals surface area contributed by atoms with Crippen LogP contribution in [0.4, 0.5) is 0 Å². The van der Waals surface area contributed by atoms with E-state index in [0.717, 1.165) is 25.4 Å². The number of carbonyl (C=O) groups excluding carboxylic acids is 1. The molecule has 1 saturated carbocycles. The van der Waals surface area contributed by atoms with Gasteiger partial charge in [-0.05, 0) is 38.0 Å². The van der Waals surface area contributed by atoms with E-state index >= 15 is 0 Å². The highest BCUT2D eigenvalue weighted by atomic mass is 16.4. The van der Waals surface area contributed by atoms with Crippen molar-refractivity contribution in [2.75, 3.05) is 13.1 Å². The number of carbonyl (C=O) groups is 2. The van der Waals surface area contributed by atoms with E-state index in [2.05, 4.69) is 6.92 Å². The van der Waals surface area contributed by atoms with Crippen LogP contribution in [-0.2, 0) is 9.59 Å². The van der Waals surface area contributed by atoms with Gasteiger partial charge in [0.05, 0.1) is 0 Å². The second-order valence-corrected chi connectivity index (χ2v) is 4.88. The van der Waals surface area contributed by atoms with Crippen molar-refractivity contribution >= 4 is 11.9 Å². The maximum Gasteiger partial charge on any atom is 0.303 e. The second kappa shape index (κ2) is 7.30. The second-order valence-electron chi connectivity index (χ2n) is 4.88. The zero-order valence-corrected chi connectivity index (χ0v) is 10.7. The average molecular weight is 241 g/mol. The van der Waals surface area contributed by atoms with Gasteiger partial charge >= 0.3 is 5.97 Å². The van der Waals surface area contributed by atoms with Crippen LogP contribution in [0, 0.1) is 5.92 Å². The molecule has 0 radical (unpaired) electrons. The van der Waals surface area contributed by atoms with Crippen LogP contribution >= 0.6 is 0 Å². The molecule has 0 aromatic heterocycles. The van der Waals surface area contributed by atoms with E-state index in [1.54, 1.807) is 0 Å². The summed E-state index contributed by atoms with van der Waals surface area (Å²) in [6.45, 7) is 3.83. The number of hydrogen-bond donors (Lipinski definition) is 1. The molecule has 1 amide bonds. The lowest BCUT2D eigenvalue weighted by Gasteiger charge is -2.22. The molecule has 0 saturated heterocycles. The van der Waals surface area contributed by atoms with Gasteiger partial charge in [0.25, 0.3) is 0 Å². The van der Waals surface area contributed by atoms with Gasteiger partial charge in [-0.3, -0.25) is 9.59 Å². The van der Waals surface area contributed by atoms with E-state index in [-0.39, 0.29) is 12.3 Å². The van der Waals surface area contributed by atoms with Gasteiger partial charge in [0.15, 0.2) is 0 Å². The van der Waals surface area contributed by atoms with Crippen LogP contribution in [0.5, 0.6) is 0 Å². The SMILES string of the molecule is CCCN(CC1CC1)C(=O)CCCCC(=O)O. The van der Waals surface area contributed by atoms with Crippen LogP contribution in [0.15, 0.2) is 0 Å². The standard InChI is InChI=1S/C13H23NO3/c1-2-9-14(10-11-7-8-11)12(15)5-3-4-6-13(16)17/h11H,2-10H2,1H3,(H,16,17). The molecule has 17 heavy (non-hydrogen) atoms. The van der Waals surface area contributed by atoms with Gasteiger partial charge in [-0.1, -0.05) is 6.92 Å². The van der Waals surface area contributed by atoms with E-state index < -0.39 is 5.97 Å². The van der Waals surface area contributed by atoms with Crippen LogP contribution in [0.3, 0.4) is 0 Å². The molecule has 0 aromatic rings. The summed E-state index contributed by atoms with van der Waals surface area (Å²) in [4.78, 5) is 24.2. The number of amides is 1. The Hall–Kier alpha value is -1.06. The van der Waals surface area contributed by atoms with E-state index in [9.17, 15) is 9.59 Å². The fourth-order valence-corrected chi connectivity index (χ4v) is 1.91. The molecular weight excluding hydrogens is 218 g/mol. The van der Waals surface area contributed by atoms with Gasteiger partial charge in [0.2, 0.25) is 5.91 Å². The number of carboxylic acid groups (broad SMARTS) is 1. The van der Waals surface area contributed by atoms with E-state index in [4.69, 9.17) is 5.11 Å². The third-order valence-electron chi connectivity index (χ3n) is 3.05. The maximum absolute atomic E-state index is 11.9. The molecular formula is C13H23NO3. The summed E-state index contributed by atoms with van der Waals surface area (Å²) in [7, 11) is 0. The zero-order valence-electron chi connectivity index (χ0n) is 10.7. The molecule has 98 valence electrons. The Morgan fingerprint density at radius 1 is 1.24 bits per heavy atom. The Bertz CT molecular complexity index is 261. The summed E-state index contributed by atoms with van der Waals surface area (Å²) in [6.07, 6.45) is 5.47. The molecule has 0 aromatic carbocycles. The molecule has 0 bridgehead atoms. The van der Waals surface area contributed by atoms with Crippen LogP contribution in [0.1, 0.15) is 51.9 Å². The van der Waals surface area contributed by atoms with Crippen molar-refractivity contribution in [1.82, 2.24) is 4.90 Å². The van der Waals surface area contributed by atoms with E-state index in [0.29, 0.717) is 19.3 Å². The molecule has 1 aliphatic rings. The predicted molar refractivity (Wildman–Crippen MR) is 65.7 cm³/mol. The van der Waals surface area contributed by atoms with Gasteiger partial charge in [-0.15, -0.1) is 0 Å². The first-order chi connectivity index (χ1) is 8.13. The summed E-state index contributed by atoms with van der Waals surface area (Å²) in [5.41, 5.74) is 0.